The molecule has 1 saturated carbocycles. The van der Waals surface area contributed by atoms with E-state index in [9.17, 15) is 0 Å². The minimum atomic E-state index is 0. The van der Waals surface area contributed by atoms with Gasteiger partial charge in [0.15, 0.2) is 5.96 Å². The first-order chi connectivity index (χ1) is 8.74. The number of aromatic nitrogens is 1. The minimum absolute atomic E-state index is 0. The van der Waals surface area contributed by atoms with Crippen LogP contribution in [-0.2, 0) is 6.54 Å². The summed E-state index contributed by atoms with van der Waals surface area (Å²) in [5.41, 5.74) is 5.93. The third-order valence-corrected chi connectivity index (χ3v) is 4.16. The Bertz CT molecular complexity index is 397. The van der Waals surface area contributed by atoms with Gasteiger partial charge in [-0.2, -0.15) is 0 Å². The molecule has 0 bridgehead atoms. The molecule has 0 unspecified atom stereocenters. The van der Waals surface area contributed by atoms with Crippen LogP contribution in [0.2, 0.25) is 0 Å². The summed E-state index contributed by atoms with van der Waals surface area (Å²) in [5.74, 6) is 0.565. The van der Waals surface area contributed by atoms with Crippen molar-refractivity contribution in [2.24, 2.45) is 10.7 Å². The lowest BCUT2D eigenvalue weighted by Crippen LogP contribution is -2.39. The predicted molar refractivity (Wildman–Crippen MR) is 92.2 cm³/mol. The molecule has 0 aromatic carbocycles. The molecule has 0 aliphatic heterocycles. The monoisotopic (exact) mass is 394 g/mol. The summed E-state index contributed by atoms with van der Waals surface area (Å²) < 4.78 is 0. The third-order valence-electron chi connectivity index (χ3n) is 3.26. The van der Waals surface area contributed by atoms with Crippen LogP contribution in [0.25, 0.3) is 0 Å². The van der Waals surface area contributed by atoms with E-state index in [1.165, 1.54) is 43.4 Å². The van der Waals surface area contributed by atoms with Gasteiger partial charge in [-0.1, -0.05) is 25.7 Å². The molecule has 108 valence electrons. The predicted octanol–water partition coefficient (Wildman–Crippen LogP) is 3.20. The zero-order chi connectivity index (χ0) is 12.8. The molecule has 1 aromatic heterocycles. The molecular formula is C13H23IN4S. The van der Waals surface area contributed by atoms with Gasteiger partial charge in [-0.15, -0.1) is 35.3 Å². The van der Waals surface area contributed by atoms with Crippen LogP contribution in [0.4, 0.5) is 0 Å². The Hall–Kier alpha value is -0.370. The van der Waals surface area contributed by atoms with Crippen LogP contribution in [0.3, 0.4) is 0 Å². The zero-order valence-electron chi connectivity index (χ0n) is 11.4. The van der Waals surface area contributed by atoms with Crippen molar-refractivity contribution in [1.29, 1.82) is 0 Å². The number of hydrogen-bond donors (Lipinski definition) is 2. The van der Waals surface area contributed by atoms with Crippen molar-refractivity contribution in [3.63, 3.8) is 0 Å². The molecule has 1 aliphatic rings. The summed E-state index contributed by atoms with van der Waals surface area (Å²) in [6, 6.07) is 0.509. The van der Waals surface area contributed by atoms with Crippen molar-refractivity contribution in [3.8, 4) is 0 Å². The Morgan fingerprint density at radius 2 is 2.11 bits per heavy atom. The highest BCUT2D eigenvalue weighted by Crippen LogP contribution is 2.17. The maximum atomic E-state index is 5.93. The van der Waals surface area contributed by atoms with Gasteiger partial charge < -0.3 is 11.1 Å². The number of nitrogens with two attached hydrogens (primary N) is 1. The summed E-state index contributed by atoms with van der Waals surface area (Å²) in [5, 5.41) is 4.37. The number of guanidine groups is 1. The second-order valence-corrected chi connectivity index (χ2v) is 6.22. The first-order valence-corrected chi connectivity index (χ1v) is 7.53. The first-order valence-electron chi connectivity index (χ1n) is 6.72. The summed E-state index contributed by atoms with van der Waals surface area (Å²) in [6.07, 6.45) is 9.62. The highest BCUT2D eigenvalue weighted by molar-refractivity contribution is 14.0. The van der Waals surface area contributed by atoms with Crippen LogP contribution in [0.1, 0.15) is 48.4 Å². The molecular weight excluding hydrogens is 371 g/mol. The first kappa shape index (κ1) is 16.7. The van der Waals surface area contributed by atoms with Gasteiger partial charge in [-0.3, -0.25) is 0 Å². The van der Waals surface area contributed by atoms with E-state index in [1.807, 2.05) is 6.20 Å². The van der Waals surface area contributed by atoms with Crippen LogP contribution < -0.4 is 11.1 Å². The van der Waals surface area contributed by atoms with Crippen molar-refractivity contribution < 1.29 is 0 Å². The molecule has 2 rings (SSSR count). The van der Waals surface area contributed by atoms with Gasteiger partial charge in [-0.05, 0) is 19.8 Å². The van der Waals surface area contributed by atoms with E-state index >= 15 is 0 Å². The lowest BCUT2D eigenvalue weighted by atomic mass is 10.1. The number of aryl methyl sites for hydroxylation is 1. The van der Waals surface area contributed by atoms with Gasteiger partial charge in [0.1, 0.15) is 5.01 Å². The molecule has 6 heteroatoms. The number of nitrogens with one attached hydrogen (secondary N) is 1. The van der Waals surface area contributed by atoms with E-state index in [4.69, 9.17) is 5.73 Å². The Kier molecular flexibility index (Phi) is 7.67. The van der Waals surface area contributed by atoms with E-state index in [2.05, 4.69) is 22.2 Å². The lowest BCUT2D eigenvalue weighted by molar-refractivity contribution is 0.530. The fraction of sp³-hybridized carbons (Fsp3) is 0.692. The number of nitrogens with zero attached hydrogens (tertiary/aromatic N) is 2. The number of hydrogen-bond acceptors (Lipinski definition) is 3. The Balaban J connectivity index is 0.00000180. The normalized spacial score (nSPS) is 17.6. The molecule has 4 nitrogen and oxygen atoms in total. The van der Waals surface area contributed by atoms with Crippen LogP contribution in [0, 0.1) is 6.92 Å². The summed E-state index contributed by atoms with van der Waals surface area (Å²) >= 11 is 1.68. The highest BCUT2D eigenvalue weighted by atomic mass is 127. The third kappa shape index (κ3) is 6.07. The van der Waals surface area contributed by atoms with E-state index in [-0.39, 0.29) is 24.0 Å². The Labute approximate surface area is 136 Å². The molecule has 0 spiro atoms. The molecule has 1 aromatic rings. The largest absolute Gasteiger partial charge is 0.370 e. The molecule has 0 atom stereocenters. The smallest absolute Gasteiger partial charge is 0.189 e. The highest BCUT2D eigenvalue weighted by Gasteiger charge is 2.12. The number of thiazole rings is 1. The molecule has 3 N–H and O–H groups in total. The van der Waals surface area contributed by atoms with Crippen molar-refractivity contribution in [2.45, 2.75) is 58.0 Å². The average molecular weight is 394 g/mol. The standard InChI is InChI=1S/C13H22N4S.HI/c1-10-8-15-12(18-10)9-16-13(14)17-11-6-4-2-3-5-7-11;/h8,11H,2-7,9H2,1H3,(H3,14,16,17);1H. The van der Waals surface area contributed by atoms with Gasteiger partial charge >= 0.3 is 0 Å². The van der Waals surface area contributed by atoms with Crippen LogP contribution in [-0.4, -0.2) is 17.0 Å². The fourth-order valence-corrected chi connectivity index (χ4v) is 3.02. The van der Waals surface area contributed by atoms with Crippen molar-refractivity contribution in [2.75, 3.05) is 0 Å². The molecule has 0 saturated heterocycles. The Morgan fingerprint density at radius 1 is 1.42 bits per heavy atom. The van der Waals surface area contributed by atoms with Gasteiger partial charge in [0, 0.05) is 17.1 Å². The molecule has 0 amide bonds. The molecule has 0 radical (unpaired) electrons. The number of aliphatic imine (C=N–C) groups is 1. The number of rotatable bonds is 3. The van der Waals surface area contributed by atoms with Crippen LogP contribution in [0.5, 0.6) is 0 Å². The summed E-state index contributed by atoms with van der Waals surface area (Å²) in [6.45, 7) is 2.64. The second-order valence-electron chi connectivity index (χ2n) is 4.90. The average Bonchev–Trinajstić information content (AvgIpc) is 2.60. The lowest BCUT2D eigenvalue weighted by Gasteiger charge is -2.16. The topological polar surface area (TPSA) is 63.3 Å². The van der Waals surface area contributed by atoms with E-state index in [0.29, 0.717) is 18.5 Å². The minimum Gasteiger partial charge on any atom is -0.370 e. The zero-order valence-corrected chi connectivity index (χ0v) is 14.5. The van der Waals surface area contributed by atoms with Crippen molar-refractivity contribution in [1.82, 2.24) is 10.3 Å². The van der Waals surface area contributed by atoms with E-state index in [0.717, 1.165) is 5.01 Å². The van der Waals surface area contributed by atoms with Crippen molar-refractivity contribution >= 4 is 41.3 Å². The quantitative estimate of drug-likeness (QED) is 0.358. The van der Waals surface area contributed by atoms with Gasteiger partial charge in [-0.25, -0.2) is 9.98 Å². The SMILES string of the molecule is Cc1cnc(CN=C(N)NC2CCCCCC2)s1.I. The van der Waals surface area contributed by atoms with Gasteiger partial charge in [0.2, 0.25) is 0 Å². The van der Waals surface area contributed by atoms with Crippen molar-refractivity contribution in [3.05, 3.63) is 16.1 Å². The summed E-state index contributed by atoms with van der Waals surface area (Å²) in [7, 11) is 0. The molecule has 1 aliphatic carbocycles. The second kappa shape index (κ2) is 8.73. The fourth-order valence-electron chi connectivity index (χ4n) is 2.31. The summed E-state index contributed by atoms with van der Waals surface area (Å²) in [4.78, 5) is 9.86. The number of halogens is 1. The molecule has 1 heterocycles. The van der Waals surface area contributed by atoms with Crippen LogP contribution >= 0.6 is 35.3 Å². The van der Waals surface area contributed by atoms with Crippen LogP contribution in [0.15, 0.2) is 11.2 Å². The molecule has 19 heavy (non-hydrogen) atoms. The Morgan fingerprint density at radius 3 is 2.68 bits per heavy atom. The van der Waals surface area contributed by atoms with Gasteiger partial charge in [0.25, 0.3) is 0 Å². The maximum Gasteiger partial charge on any atom is 0.189 e. The van der Waals surface area contributed by atoms with E-state index in [1.54, 1.807) is 11.3 Å². The van der Waals surface area contributed by atoms with E-state index < -0.39 is 0 Å². The maximum absolute atomic E-state index is 5.93. The molecule has 1 fully saturated rings. The van der Waals surface area contributed by atoms with Gasteiger partial charge in [0.05, 0.1) is 6.54 Å².